The highest BCUT2D eigenvalue weighted by molar-refractivity contribution is 5.97. The lowest BCUT2D eigenvalue weighted by molar-refractivity contribution is -0.0286. The number of hydrogen-bond acceptors (Lipinski definition) is 8. The number of nitrogens with zero attached hydrogens (tertiary/aromatic N) is 5. The Hall–Kier alpha value is -3.86. The van der Waals surface area contributed by atoms with Gasteiger partial charge in [0.2, 0.25) is 0 Å². The number of anilines is 1. The normalized spacial score (nSPS) is 19.9. The summed E-state index contributed by atoms with van der Waals surface area (Å²) in [4.78, 5) is 37.1. The number of morpholine rings is 1. The van der Waals surface area contributed by atoms with E-state index in [-0.39, 0.29) is 12.6 Å². The number of ether oxygens (including phenoxy) is 3. The van der Waals surface area contributed by atoms with E-state index in [0.29, 0.717) is 53.9 Å². The smallest absolute Gasteiger partial charge is 0.407 e. The molecule has 11 nitrogen and oxygen atoms in total. The standard InChI is InChI=1S/C26H31N5O6/c1-16-5-4-8-30(16)22-7-6-17(13-27-22)24-28-20-11-18(25(32)36-3)12-21(35-2)23(20)31(24)15-19-14-29(26(33)34)9-10-37-19/h6-7,11-13,16,19H,4-5,8-10,14-15H2,1-3H3,(H,33,34)/t16-,19?/m0/s1. The second kappa shape index (κ2) is 10.3. The van der Waals surface area contributed by atoms with E-state index in [1.165, 1.54) is 19.1 Å². The first-order valence-electron chi connectivity index (χ1n) is 12.4. The quantitative estimate of drug-likeness (QED) is 0.499. The van der Waals surface area contributed by atoms with Crippen LogP contribution >= 0.6 is 0 Å². The Morgan fingerprint density at radius 2 is 2.05 bits per heavy atom. The molecule has 2 aliphatic heterocycles. The predicted octanol–water partition coefficient (Wildman–Crippen LogP) is 3.26. The molecule has 1 N–H and O–H groups in total. The zero-order valence-corrected chi connectivity index (χ0v) is 21.2. The van der Waals surface area contributed by atoms with Crippen molar-refractivity contribution in [2.24, 2.45) is 0 Å². The summed E-state index contributed by atoms with van der Waals surface area (Å²) in [6.07, 6.45) is 2.74. The highest BCUT2D eigenvalue weighted by Gasteiger charge is 2.28. The molecule has 196 valence electrons. The molecule has 11 heteroatoms. The molecule has 2 aliphatic rings. The number of pyridine rings is 1. The molecule has 0 radical (unpaired) electrons. The van der Waals surface area contributed by atoms with Crippen LogP contribution in [0.2, 0.25) is 0 Å². The zero-order chi connectivity index (χ0) is 26.1. The Labute approximate surface area is 214 Å². The summed E-state index contributed by atoms with van der Waals surface area (Å²) >= 11 is 0. The minimum Gasteiger partial charge on any atom is -0.494 e. The molecule has 0 saturated carbocycles. The third-order valence-corrected chi connectivity index (χ3v) is 7.10. The average Bonchev–Trinajstić information content (AvgIpc) is 3.51. The molecule has 1 aromatic carbocycles. The van der Waals surface area contributed by atoms with Crippen molar-refractivity contribution in [3.63, 3.8) is 0 Å². The largest absolute Gasteiger partial charge is 0.494 e. The third kappa shape index (κ3) is 4.78. The molecule has 1 unspecified atom stereocenters. The van der Waals surface area contributed by atoms with Gasteiger partial charge in [-0.3, -0.25) is 0 Å². The van der Waals surface area contributed by atoms with Crippen LogP contribution in [0.4, 0.5) is 10.6 Å². The second-order valence-corrected chi connectivity index (χ2v) is 9.39. The molecule has 0 aliphatic carbocycles. The highest BCUT2D eigenvalue weighted by atomic mass is 16.5. The summed E-state index contributed by atoms with van der Waals surface area (Å²) in [6.45, 7) is 4.41. The third-order valence-electron chi connectivity index (χ3n) is 7.10. The molecular formula is C26H31N5O6. The number of carboxylic acid groups (broad SMARTS) is 1. The topological polar surface area (TPSA) is 119 Å². The molecule has 0 bridgehead atoms. The summed E-state index contributed by atoms with van der Waals surface area (Å²) < 4.78 is 18.5. The first-order valence-corrected chi connectivity index (χ1v) is 12.4. The van der Waals surface area contributed by atoms with Crippen molar-refractivity contribution in [3.8, 4) is 17.1 Å². The number of carbonyl (C=O) groups excluding carboxylic acids is 1. The molecule has 1 amide bonds. The zero-order valence-electron chi connectivity index (χ0n) is 21.2. The number of amides is 1. The van der Waals surface area contributed by atoms with Gasteiger partial charge >= 0.3 is 12.1 Å². The SMILES string of the molecule is COC(=O)c1cc(OC)c2c(c1)nc(-c1ccc(N3CCC[C@@H]3C)nc1)n2CC1CN(C(=O)O)CCO1. The number of benzene rings is 1. The lowest BCUT2D eigenvalue weighted by Crippen LogP contribution is -2.46. The number of rotatable bonds is 6. The van der Waals surface area contributed by atoms with Crippen LogP contribution in [0, 0.1) is 0 Å². The van der Waals surface area contributed by atoms with Gasteiger partial charge < -0.3 is 33.7 Å². The molecule has 4 heterocycles. The molecule has 37 heavy (non-hydrogen) atoms. The van der Waals surface area contributed by atoms with Crippen LogP contribution in [0.25, 0.3) is 22.4 Å². The van der Waals surface area contributed by atoms with Crippen molar-refractivity contribution < 1.29 is 28.9 Å². The fourth-order valence-electron chi connectivity index (χ4n) is 5.19. The van der Waals surface area contributed by atoms with Gasteiger partial charge in [0.25, 0.3) is 0 Å². The number of imidazole rings is 1. The maximum Gasteiger partial charge on any atom is 0.407 e. The Kier molecular flexibility index (Phi) is 6.88. The van der Waals surface area contributed by atoms with Crippen molar-refractivity contribution >= 4 is 28.9 Å². The molecule has 0 spiro atoms. The number of esters is 1. The van der Waals surface area contributed by atoms with Gasteiger partial charge in [-0.05, 0) is 44.0 Å². The molecule has 2 fully saturated rings. The lowest BCUT2D eigenvalue weighted by atomic mass is 10.1. The Morgan fingerprint density at radius 3 is 2.70 bits per heavy atom. The van der Waals surface area contributed by atoms with Crippen molar-refractivity contribution in [2.75, 3.05) is 45.4 Å². The van der Waals surface area contributed by atoms with E-state index in [1.807, 2.05) is 16.7 Å². The van der Waals surface area contributed by atoms with E-state index >= 15 is 0 Å². The Morgan fingerprint density at radius 1 is 1.22 bits per heavy atom. The number of aromatic nitrogens is 3. The van der Waals surface area contributed by atoms with Gasteiger partial charge in [-0.15, -0.1) is 0 Å². The number of fused-ring (bicyclic) bond motifs is 1. The molecule has 3 aromatic rings. The summed E-state index contributed by atoms with van der Waals surface area (Å²) in [5.74, 6) is 1.52. The first-order chi connectivity index (χ1) is 17.9. The van der Waals surface area contributed by atoms with Crippen LogP contribution in [0.1, 0.15) is 30.1 Å². The monoisotopic (exact) mass is 509 g/mol. The van der Waals surface area contributed by atoms with Gasteiger partial charge in [-0.2, -0.15) is 0 Å². The van der Waals surface area contributed by atoms with Crippen molar-refractivity contribution in [2.45, 2.75) is 38.5 Å². The fourth-order valence-corrected chi connectivity index (χ4v) is 5.19. The summed E-state index contributed by atoms with van der Waals surface area (Å²) in [5, 5.41) is 9.48. The molecule has 5 rings (SSSR count). The van der Waals surface area contributed by atoms with Gasteiger partial charge in [0, 0.05) is 30.9 Å². The first kappa shape index (κ1) is 24.8. The number of carbonyl (C=O) groups is 2. The van der Waals surface area contributed by atoms with Crippen LogP contribution in [0.3, 0.4) is 0 Å². The van der Waals surface area contributed by atoms with Gasteiger partial charge in [0.15, 0.2) is 0 Å². The second-order valence-electron chi connectivity index (χ2n) is 9.39. The van der Waals surface area contributed by atoms with Crippen LogP contribution in [-0.4, -0.2) is 89.2 Å². The predicted molar refractivity (Wildman–Crippen MR) is 136 cm³/mol. The lowest BCUT2D eigenvalue weighted by Gasteiger charge is -2.31. The van der Waals surface area contributed by atoms with Crippen molar-refractivity contribution in [1.29, 1.82) is 0 Å². The van der Waals surface area contributed by atoms with Crippen LogP contribution in [0.5, 0.6) is 5.75 Å². The van der Waals surface area contributed by atoms with E-state index in [9.17, 15) is 14.7 Å². The molecule has 2 aromatic heterocycles. The van der Waals surface area contributed by atoms with Crippen LogP contribution in [0.15, 0.2) is 30.5 Å². The summed E-state index contributed by atoms with van der Waals surface area (Å²) in [6, 6.07) is 7.73. The van der Waals surface area contributed by atoms with Crippen LogP contribution in [-0.2, 0) is 16.0 Å². The van der Waals surface area contributed by atoms with Crippen molar-refractivity contribution in [1.82, 2.24) is 19.4 Å². The van der Waals surface area contributed by atoms with Gasteiger partial charge in [0.05, 0.1) is 51.1 Å². The minimum absolute atomic E-state index is 0.237. The Balaban J connectivity index is 1.59. The maximum atomic E-state index is 12.3. The van der Waals surface area contributed by atoms with Gasteiger partial charge in [-0.25, -0.2) is 19.6 Å². The minimum atomic E-state index is -0.972. The van der Waals surface area contributed by atoms with E-state index in [4.69, 9.17) is 24.2 Å². The Bertz CT molecular complexity index is 1310. The fraction of sp³-hybridized carbons (Fsp3) is 0.462. The molecule has 2 atom stereocenters. The van der Waals surface area contributed by atoms with Crippen LogP contribution < -0.4 is 9.64 Å². The van der Waals surface area contributed by atoms with E-state index < -0.39 is 12.1 Å². The summed E-state index contributed by atoms with van der Waals surface area (Å²) in [5.41, 5.74) is 2.35. The van der Waals surface area contributed by atoms with Gasteiger partial charge in [-0.1, -0.05) is 0 Å². The van der Waals surface area contributed by atoms with E-state index in [0.717, 1.165) is 30.8 Å². The number of hydrogen-bond donors (Lipinski definition) is 1. The number of methoxy groups -OCH3 is 2. The highest BCUT2D eigenvalue weighted by Crippen LogP contribution is 2.34. The van der Waals surface area contributed by atoms with Crippen molar-refractivity contribution in [3.05, 3.63) is 36.0 Å². The molecule has 2 saturated heterocycles. The van der Waals surface area contributed by atoms with Gasteiger partial charge in [0.1, 0.15) is 22.9 Å². The molecular weight excluding hydrogens is 478 g/mol. The van der Waals surface area contributed by atoms with E-state index in [2.05, 4.69) is 11.8 Å². The maximum absolute atomic E-state index is 12.3. The van der Waals surface area contributed by atoms with E-state index in [1.54, 1.807) is 18.3 Å². The average molecular weight is 510 g/mol. The summed E-state index contributed by atoms with van der Waals surface area (Å²) in [7, 11) is 2.86.